The average molecular weight is 599 g/mol. The Morgan fingerprint density at radius 2 is 1.26 bits per heavy atom. The summed E-state index contributed by atoms with van der Waals surface area (Å²) >= 11 is -0.211. The Morgan fingerprint density at radius 1 is 0.714 bits per heavy atom. The Morgan fingerprint density at radius 3 is 1.89 bits per heavy atom. The molecule has 1 heterocycles. The van der Waals surface area contributed by atoms with E-state index in [9.17, 15) is 0 Å². The summed E-state index contributed by atoms with van der Waals surface area (Å²) in [6.45, 7) is 11.0. The number of para-hydroxylation sites is 1. The van der Waals surface area contributed by atoms with Crippen molar-refractivity contribution in [1.82, 2.24) is 10.6 Å². The Hall–Kier alpha value is -1.68. The summed E-state index contributed by atoms with van der Waals surface area (Å²) in [5.74, 6) is 1.85. The van der Waals surface area contributed by atoms with E-state index in [1.165, 1.54) is 36.3 Å². The number of benzene rings is 3. The zero-order chi connectivity index (χ0) is 23.4. The van der Waals surface area contributed by atoms with Crippen LogP contribution in [0.3, 0.4) is 0 Å². The van der Waals surface area contributed by atoms with Crippen molar-refractivity contribution >= 4 is 8.46 Å². The van der Waals surface area contributed by atoms with Crippen LogP contribution in [0.2, 0.25) is 0 Å². The SMILES string of the molecule is COc1c([C](=[Ru+2]=[C]2NCCN2)c2ccccc2C(C)C)cccc1-c1ccccc1C(C)C.[Cl-].[Cl-]. The fourth-order valence-corrected chi connectivity index (χ4v) is 6.75. The molecule has 0 radical (unpaired) electrons. The summed E-state index contributed by atoms with van der Waals surface area (Å²) in [4.78, 5) is 0. The number of halogens is 2. The van der Waals surface area contributed by atoms with E-state index in [0.717, 1.165) is 24.4 Å². The largest absolute Gasteiger partial charge is 1.00 e. The van der Waals surface area contributed by atoms with Gasteiger partial charge >= 0.3 is 206 Å². The minimum absolute atomic E-state index is 0. The van der Waals surface area contributed by atoms with Crippen molar-refractivity contribution < 1.29 is 45.8 Å². The maximum atomic E-state index is 6.18. The number of hydrogen-bond donors (Lipinski definition) is 2. The molecule has 3 nitrogen and oxygen atoms in total. The van der Waals surface area contributed by atoms with Gasteiger partial charge < -0.3 is 24.8 Å². The molecule has 0 spiro atoms. The maximum absolute atomic E-state index is 6.18. The molecule has 3 aromatic rings. The Balaban J connectivity index is 0.00000216. The molecule has 0 saturated carbocycles. The number of ether oxygens (including phenoxy) is 1. The van der Waals surface area contributed by atoms with Gasteiger partial charge in [-0.3, -0.25) is 0 Å². The van der Waals surface area contributed by atoms with E-state index < -0.39 is 0 Å². The fraction of sp³-hybridized carbons (Fsp3) is 0.310. The second-order valence-electron chi connectivity index (χ2n) is 8.92. The van der Waals surface area contributed by atoms with Crippen molar-refractivity contribution in [2.24, 2.45) is 0 Å². The van der Waals surface area contributed by atoms with Crippen LogP contribution in [0.1, 0.15) is 61.8 Å². The van der Waals surface area contributed by atoms with E-state index in [4.69, 9.17) is 4.74 Å². The second kappa shape index (κ2) is 13.6. The second-order valence-corrected chi connectivity index (χ2v) is 11.1. The molecule has 2 N–H and O–H groups in total. The predicted octanol–water partition coefficient (Wildman–Crippen LogP) is -0.451. The summed E-state index contributed by atoms with van der Waals surface area (Å²) in [5, 5.41) is 7.13. The summed E-state index contributed by atoms with van der Waals surface area (Å²) in [5.41, 5.74) is 7.68. The zero-order valence-corrected chi connectivity index (χ0v) is 24.2. The van der Waals surface area contributed by atoms with Crippen LogP contribution < -0.4 is 40.2 Å². The molecule has 0 unspecified atom stereocenters. The third-order valence-corrected chi connectivity index (χ3v) is 8.41. The van der Waals surface area contributed by atoms with E-state index in [0.29, 0.717) is 11.8 Å². The minimum Gasteiger partial charge on any atom is -1.00 e. The molecule has 6 heteroatoms. The number of nitrogens with one attached hydrogen (secondary N) is 2. The van der Waals surface area contributed by atoms with Gasteiger partial charge in [0.05, 0.1) is 0 Å². The fourth-order valence-electron chi connectivity index (χ4n) is 4.37. The van der Waals surface area contributed by atoms with Gasteiger partial charge in [0.1, 0.15) is 0 Å². The summed E-state index contributed by atoms with van der Waals surface area (Å²) in [6, 6.07) is 24.2. The molecule has 4 rings (SSSR count). The first kappa shape index (κ1) is 29.6. The van der Waals surface area contributed by atoms with Crippen molar-refractivity contribution in [3.63, 3.8) is 0 Å². The van der Waals surface area contributed by atoms with Gasteiger partial charge in [0.25, 0.3) is 0 Å². The minimum atomic E-state index is -0.211. The van der Waals surface area contributed by atoms with Crippen LogP contribution in [0, 0.1) is 0 Å². The van der Waals surface area contributed by atoms with Crippen molar-refractivity contribution in [3.8, 4) is 16.9 Å². The molecule has 3 aromatic carbocycles. The molecule has 0 aromatic heterocycles. The summed E-state index contributed by atoms with van der Waals surface area (Å²) in [6.07, 6.45) is 0. The van der Waals surface area contributed by atoms with E-state index >= 15 is 0 Å². The third-order valence-electron chi connectivity index (χ3n) is 5.99. The molecule has 0 bridgehead atoms. The molecule has 188 valence electrons. The topological polar surface area (TPSA) is 33.3 Å². The molecule has 1 aliphatic heterocycles. The molecule has 1 aliphatic rings. The standard InChI is InChI=1S/C26H28O.C3H6N2.2ClH.Ru/c1-18(2)22-13-7-6-11-20(22)17-21-12-10-16-25(26(21)27-5)24-15-9-8-14-23(24)19(3)4;1-2-5-3-4-1;;;/h6-16,18-19H,1-5H3;4-5H,1-2H2;2*1H;/q;;;;+2/p-2. The van der Waals surface area contributed by atoms with Crippen molar-refractivity contribution in [2.45, 2.75) is 39.5 Å². The van der Waals surface area contributed by atoms with Crippen molar-refractivity contribution in [2.75, 3.05) is 20.2 Å². The van der Waals surface area contributed by atoms with Crippen LogP contribution >= 0.6 is 0 Å². The molecular weight excluding hydrogens is 564 g/mol. The van der Waals surface area contributed by atoms with Crippen LogP contribution in [0.25, 0.3) is 11.1 Å². The molecule has 0 amide bonds. The molecule has 1 saturated heterocycles. The van der Waals surface area contributed by atoms with Crippen LogP contribution in [0.5, 0.6) is 5.75 Å². The summed E-state index contributed by atoms with van der Waals surface area (Å²) in [7, 11) is 1.81. The monoisotopic (exact) mass is 598 g/mol. The van der Waals surface area contributed by atoms with Crippen LogP contribution in [-0.4, -0.2) is 28.7 Å². The van der Waals surface area contributed by atoms with Gasteiger partial charge in [-0.05, 0) is 0 Å². The molecular formula is C29H34Cl2N2ORu. The molecule has 1 fully saturated rings. The molecule has 0 aliphatic carbocycles. The Kier molecular flexibility index (Phi) is 11.5. The van der Waals surface area contributed by atoms with Crippen molar-refractivity contribution in [3.05, 3.63) is 89.0 Å². The first-order chi connectivity index (χ1) is 16.0. The van der Waals surface area contributed by atoms with Gasteiger partial charge in [0, 0.05) is 0 Å². The van der Waals surface area contributed by atoms with Gasteiger partial charge in [-0.15, -0.1) is 0 Å². The normalized spacial score (nSPS) is 12.8. The van der Waals surface area contributed by atoms with Gasteiger partial charge in [-0.1, -0.05) is 0 Å². The quantitative estimate of drug-likeness (QED) is 0.378. The average Bonchev–Trinajstić information content (AvgIpc) is 3.35. The van der Waals surface area contributed by atoms with Crippen LogP contribution in [0.15, 0.2) is 66.7 Å². The van der Waals surface area contributed by atoms with E-state index in [1.54, 1.807) is 0 Å². The van der Waals surface area contributed by atoms with Gasteiger partial charge in [-0.25, -0.2) is 0 Å². The molecule has 35 heavy (non-hydrogen) atoms. The van der Waals surface area contributed by atoms with Crippen LogP contribution in [0.4, 0.5) is 0 Å². The first-order valence-electron chi connectivity index (χ1n) is 11.7. The van der Waals surface area contributed by atoms with E-state index in [2.05, 4.69) is 105 Å². The molecule has 0 atom stereocenters. The first-order valence-corrected chi connectivity index (χ1v) is 13.4. The number of methoxy groups -OCH3 is 1. The number of hydrogen-bond acceptors (Lipinski definition) is 3. The third kappa shape index (κ3) is 6.56. The van der Waals surface area contributed by atoms with Gasteiger partial charge in [0.2, 0.25) is 0 Å². The zero-order valence-electron chi connectivity index (χ0n) is 20.9. The Bertz CT molecular complexity index is 1210. The van der Waals surface area contributed by atoms with Gasteiger partial charge in [0.15, 0.2) is 0 Å². The van der Waals surface area contributed by atoms with E-state index in [1.807, 2.05) is 7.11 Å². The Labute approximate surface area is 229 Å². The van der Waals surface area contributed by atoms with Crippen molar-refractivity contribution in [1.29, 1.82) is 0 Å². The maximum Gasteiger partial charge on any atom is -1.00 e. The van der Waals surface area contributed by atoms with E-state index in [-0.39, 0.29) is 41.0 Å². The predicted molar refractivity (Wildman–Crippen MR) is 137 cm³/mol. The smallest absolute Gasteiger partial charge is 1.00 e. The van der Waals surface area contributed by atoms with Crippen LogP contribution in [-0.2, 0) is 16.2 Å². The number of rotatable bonds is 6. The van der Waals surface area contributed by atoms with Gasteiger partial charge in [-0.2, -0.15) is 0 Å². The summed E-state index contributed by atoms with van der Waals surface area (Å²) < 4.78 is 8.82.